The molecule has 0 saturated heterocycles. The fourth-order valence-corrected chi connectivity index (χ4v) is 2.86. The topological polar surface area (TPSA) is 60.0 Å². The van der Waals surface area contributed by atoms with Crippen molar-refractivity contribution in [3.63, 3.8) is 0 Å². The summed E-state index contributed by atoms with van der Waals surface area (Å²) in [7, 11) is 3.25. The number of fused-ring (bicyclic) bond motifs is 1. The summed E-state index contributed by atoms with van der Waals surface area (Å²) >= 11 is 0. The van der Waals surface area contributed by atoms with E-state index in [9.17, 15) is 0 Å². The van der Waals surface area contributed by atoms with E-state index in [4.69, 9.17) is 9.47 Å². The lowest BCUT2D eigenvalue weighted by Gasteiger charge is -2.09. The lowest BCUT2D eigenvalue weighted by Crippen LogP contribution is -1.91. The minimum atomic E-state index is 0.681. The number of nitrogens with zero attached hydrogens (tertiary/aromatic N) is 2. The second kappa shape index (κ2) is 7.22. The zero-order valence-electron chi connectivity index (χ0n) is 15.0. The number of nitrogens with one attached hydrogen (secondary N) is 1. The molecule has 4 aromatic rings. The van der Waals surface area contributed by atoms with E-state index in [0.29, 0.717) is 11.5 Å². The summed E-state index contributed by atoms with van der Waals surface area (Å²) in [6.45, 7) is 0. The monoisotopic (exact) mass is 355 g/mol. The number of aromatic nitrogens is 3. The van der Waals surface area contributed by atoms with Gasteiger partial charge in [-0.3, -0.25) is 4.98 Å². The van der Waals surface area contributed by atoms with Gasteiger partial charge in [0.25, 0.3) is 0 Å². The molecule has 0 saturated carbocycles. The zero-order chi connectivity index (χ0) is 18.6. The van der Waals surface area contributed by atoms with E-state index in [1.54, 1.807) is 26.6 Å². The zero-order valence-corrected chi connectivity index (χ0v) is 15.0. The van der Waals surface area contributed by atoms with Gasteiger partial charge in [0, 0.05) is 41.3 Å². The third-order valence-corrected chi connectivity index (χ3v) is 4.25. The van der Waals surface area contributed by atoms with Gasteiger partial charge in [0.2, 0.25) is 0 Å². The van der Waals surface area contributed by atoms with Gasteiger partial charge in [0.15, 0.2) is 11.5 Å². The van der Waals surface area contributed by atoms with E-state index >= 15 is 0 Å². The molecule has 0 bridgehead atoms. The van der Waals surface area contributed by atoms with Crippen LogP contribution in [0, 0.1) is 11.8 Å². The third kappa shape index (κ3) is 3.33. The van der Waals surface area contributed by atoms with Crippen LogP contribution in [0.5, 0.6) is 11.5 Å². The van der Waals surface area contributed by atoms with Gasteiger partial charge in [-0.05, 0) is 35.9 Å². The Kier molecular flexibility index (Phi) is 4.46. The Morgan fingerprint density at radius 3 is 2.59 bits per heavy atom. The summed E-state index contributed by atoms with van der Waals surface area (Å²) in [4.78, 5) is 11.8. The van der Waals surface area contributed by atoms with Crippen LogP contribution >= 0.6 is 0 Å². The first-order valence-electron chi connectivity index (χ1n) is 8.40. The maximum absolute atomic E-state index is 5.40. The van der Waals surface area contributed by atoms with E-state index in [2.05, 4.69) is 32.9 Å². The summed E-state index contributed by atoms with van der Waals surface area (Å²) < 4.78 is 10.7. The Balaban J connectivity index is 1.75. The predicted molar refractivity (Wildman–Crippen MR) is 105 cm³/mol. The van der Waals surface area contributed by atoms with Crippen molar-refractivity contribution in [1.82, 2.24) is 15.0 Å². The Morgan fingerprint density at radius 1 is 0.926 bits per heavy atom. The standard InChI is InChI=1S/C22H17N3O2/c1-26-20-8-7-16(11-21(20)27-2)18-10-19-17(13-24-22(19)25-14-18)6-5-15-4-3-9-23-12-15/h3-4,7-14H,1-2H3,(H,24,25). The van der Waals surface area contributed by atoms with Crippen molar-refractivity contribution in [2.24, 2.45) is 0 Å². The molecule has 1 N–H and O–H groups in total. The summed E-state index contributed by atoms with van der Waals surface area (Å²) in [5.74, 6) is 7.71. The molecule has 0 atom stereocenters. The Labute approximate surface area is 157 Å². The number of rotatable bonds is 3. The first-order chi connectivity index (χ1) is 13.3. The van der Waals surface area contributed by atoms with Crippen LogP contribution in [0.3, 0.4) is 0 Å². The van der Waals surface area contributed by atoms with Gasteiger partial charge in [-0.2, -0.15) is 0 Å². The van der Waals surface area contributed by atoms with Crippen LogP contribution in [0.2, 0.25) is 0 Å². The molecule has 0 aliphatic heterocycles. The highest BCUT2D eigenvalue weighted by Crippen LogP contribution is 2.33. The molecule has 0 aliphatic rings. The molecule has 0 aliphatic carbocycles. The number of aromatic amines is 1. The maximum Gasteiger partial charge on any atom is 0.161 e. The van der Waals surface area contributed by atoms with Crippen molar-refractivity contribution in [2.45, 2.75) is 0 Å². The first kappa shape index (κ1) is 16.7. The number of benzene rings is 1. The number of hydrogen-bond acceptors (Lipinski definition) is 4. The number of H-pyrrole nitrogens is 1. The third-order valence-electron chi connectivity index (χ3n) is 4.25. The van der Waals surface area contributed by atoms with Crippen molar-refractivity contribution < 1.29 is 9.47 Å². The van der Waals surface area contributed by atoms with Crippen molar-refractivity contribution in [3.05, 3.63) is 72.3 Å². The highest BCUT2D eigenvalue weighted by Gasteiger charge is 2.09. The normalized spacial score (nSPS) is 10.3. The van der Waals surface area contributed by atoms with Gasteiger partial charge in [0.05, 0.1) is 19.8 Å². The van der Waals surface area contributed by atoms with Crippen molar-refractivity contribution in [3.8, 4) is 34.5 Å². The molecular formula is C22H17N3O2. The summed E-state index contributed by atoms with van der Waals surface area (Å²) in [5, 5.41) is 0.971. The lowest BCUT2D eigenvalue weighted by molar-refractivity contribution is 0.355. The van der Waals surface area contributed by atoms with Crippen LogP contribution in [-0.2, 0) is 0 Å². The second-order valence-electron chi connectivity index (χ2n) is 5.88. The van der Waals surface area contributed by atoms with E-state index in [1.165, 1.54) is 0 Å². The molecule has 0 fully saturated rings. The van der Waals surface area contributed by atoms with Crippen LogP contribution in [0.15, 0.2) is 61.2 Å². The van der Waals surface area contributed by atoms with Gasteiger partial charge in [-0.1, -0.05) is 17.9 Å². The number of hydrogen-bond donors (Lipinski definition) is 1. The van der Waals surface area contributed by atoms with Crippen molar-refractivity contribution in [1.29, 1.82) is 0 Å². The van der Waals surface area contributed by atoms with Gasteiger partial charge in [0.1, 0.15) is 5.65 Å². The molecule has 0 unspecified atom stereocenters. The van der Waals surface area contributed by atoms with Crippen LogP contribution in [-0.4, -0.2) is 29.2 Å². The smallest absolute Gasteiger partial charge is 0.161 e. The summed E-state index contributed by atoms with van der Waals surface area (Å²) in [6, 6.07) is 11.7. The Hall–Kier alpha value is -3.78. The van der Waals surface area contributed by atoms with Gasteiger partial charge < -0.3 is 14.5 Å². The maximum atomic E-state index is 5.40. The van der Waals surface area contributed by atoms with E-state index in [-0.39, 0.29) is 0 Å². The number of methoxy groups -OCH3 is 2. The van der Waals surface area contributed by atoms with Crippen molar-refractivity contribution in [2.75, 3.05) is 14.2 Å². The van der Waals surface area contributed by atoms with Gasteiger partial charge in [-0.15, -0.1) is 0 Å². The molecule has 4 rings (SSSR count). The predicted octanol–water partition coefficient (Wildman–Crippen LogP) is 4.04. The highest BCUT2D eigenvalue weighted by atomic mass is 16.5. The first-order valence-corrected chi connectivity index (χ1v) is 8.40. The molecule has 0 amide bonds. The van der Waals surface area contributed by atoms with E-state index in [1.807, 2.05) is 42.7 Å². The quantitative estimate of drug-likeness (QED) is 0.564. The minimum absolute atomic E-state index is 0.681. The molecule has 3 heterocycles. The van der Waals surface area contributed by atoms with Crippen molar-refractivity contribution >= 4 is 11.0 Å². The number of pyridine rings is 2. The van der Waals surface area contributed by atoms with Crippen LogP contribution in [0.25, 0.3) is 22.2 Å². The minimum Gasteiger partial charge on any atom is -0.493 e. The Morgan fingerprint density at radius 2 is 1.81 bits per heavy atom. The molecular weight excluding hydrogens is 338 g/mol. The molecule has 5 heteroatoms. The van der Waals surface area contributed by atoms with Crippen LogP contribution in [0.1, 0.15) is 11.1 Å². The van der Waals surface area contributed by atoms with E-state index in [0.717, 1.165) is 33.3 Å². The van der Waals surface area contributed by atoms with Crippen LogP contribution < -0.4 is 9.47 Å². The second-order valence-corrected chi connectivity index (χ2v) is 5.88. The number of ether oxygens (including phenoxy) is 2. The molecule has 3 aromatic heterocycles. The van der Waals surface area contributed by atoms with Gasteiger partial charge >= 0.3 is 0 Å². The van der Waals surface area contributed by atoms with E-state index < -0.39 is 0 Å². The van der Waals surface area contributed by atoms with Gasteiger partial charge in [-0.25, -0.2) is 4.98 Å². The molecule has 132 valence electrons. The summed E-state index contributed by atoms with van der Waals surface area (Å²) in [6.07, 6.45) is 7.18. The lowest BCUT2D eigenvalue weighted by atomic mass is 10.0. The fraction of sp³-hybridized carbons (Fsp3) is 0.0909. The average Bonchev–Trinajstić information content (AvgIpc) is 3.14. The molecule has 0 spiro atoms. The largest absolute Gasteiger partial charge is 0.493 e. The molecule has 27 heavy (non-hydrogen) atoms. The molecule has 5 nitrogen and oxygen atoms in total. The summed E-state index contributed by atoms with van der Waals surface area (Å²) in [5.41, 5.74) is 4.54. The fourth-order valence-electron chi connectivity index (χ4n) is 2.86. The molecule has 0 radical (unpaired) electrons. The van der Waals surface area contributed by atoms with Crippen LogP contribution in [0.4, 0.5) is 0 Å². The Bertz CT molecular complexity index is 1150. The SMILES string of the molecule is COc1ccc(-c2cnc3[nH]cc(C#Cc4cccnc4)c3c2)cc1OC. The molecule has 1 aromatic carbocycles. The average molecular weight is 355 g/mol. The highest BCUT2D eigenvalue weighted by molar-refractivity contribution is 5.87.